The van der Waals surface area contributed by atoms with E-state index < -0.39 is 0 Å². The molecule has 2 rings (SSSR count). The molecule has 0 fully saturated rings. The van der Waals surface area contributed by atoms with Gasteiger partial charge >= 0.3 is 0 Å². The van der Waals surface area contributed by atoms with Crippen molar-refractivity contribution in [2.75, 3.05) is 18.5 Å². The van der Waals surface area contributed by atoms with E-state index in [0.29, 0.717) is 6.10 Å². The van der Waals surface area contributed by atoms with Crippen LogP contribution in [-0.2, 0) is 11.2 Å². The maximum Gasteiger partial charge on any atom is 0.138 e. The number of anilines is 1. The first-order valence-corrected chi connectivity index (χ1v) is 7.61. The van der Waals surface area contributed by atoms with Crippen molar-refractivity contribution in [3.8, 4) is 0 Å². The molecule has 0 bridgehead atoms. The lowest BCUT2D eigenvalue weighted by molar-refractivity contribution is 0.0787. The predicted molar refractivity (Wildman–Crippen MR) is 81.0 cm³/mol. The van der Waals surface area contributed by atoms with Crippen LogP contribution in [0.1, 0.15) is 32.1 Å². The Hall–Kier alpha value is -1.20. The lowest BCUT2D eigenvalue weighted by atomic mass is 10.3. The van der Waals surface area contributed by atoms with E-state index in [1.807, 2.05) is 0 Å². The van der Waals surface area contributed by atoms with E-state index in [1.165, 1.54) is 4.88 Å². The highest BCUT2D eigenvalue weighted by molar-refractivity contribution is 7.18. The van der Waals surface area contributed by atoms with Crippen molar-refractivity contribution >= 4 is 27.4 Å². The van der Waals surface area contributed by atoms with Crippen LogP contribution in [0, 0.1) is 0 Å². The SMILES string of the molecule is CCc1cc2c(NCCCOC(C)C)ncnc2s1. The number of aromatic nitrogens is 2. The number of hydrogen-bond acceptors (Lipinski definition) is 5. The summed E-state index contributed by atoms with van der Waals surface area (Å²) in [6, 6.07) is 2.19. The fourth-order valence-corrected chi connectivity index (χ4v) is 2.75. The Morgan fingerprint density at radius 1 is 1.37 bits per heavy atom. The van der Waals surface area contributed by atoms with Gasteiger partial charge in [0.25, 0.3) is 0 Å². The highest BCUT2D eigenvalue weighted by Gasteiger charge is 2.07. The topological polar surface area (TPSA) is 47.0 Å². The molecule has 0 aliphatic carbocycles. The standard InChI is InChI=1S/C14H21N3OS/c1-4-11-8-12-13(16-9-17-14(12)19-11)15-6-5-7-18-10(2)3/h8-10H,4-7H2,1-3H3,(H,15,16,17). The van der Waals surface area contributed by atoms with Crippen LogP contribution in [0.3, 0.4) is 0 Å². The summed E-state index contributed by atoms with van der Waals surface area (Å²) in [6.07, 6.45) is 3.96. The molecule has 104 valence electrons. The molecule has 0 saturated carbocycles. The fourth-order valence-electron chi connectivity index (χ4n) is 1.82. The zero-order valence-corrected chi connectivity index (χ0v) is 12.6. The Morgan fingerprint density at radius 2 is 2.21 bits per heavy atom. The number of nitrogens with zero attached hydrogens (tertiary/aromatic N) is 2. The van der Waals surface area contributed by atoms with Crippen LogP contribution in [0.25, 0.3) is 10.2 Å². The number of aryl methyl sites for hydroxylation is 1. The normalized spacial score (nSPS) is 11.4. The largest absolute Gasteiger partial charge is 0.379 e. The summed E-state index contributed by atoms with van der Waals surface area (Å²) in [5.74, 6) is 0.936. The molecule has 0 spiro atoms. The number of rotatable bonds is 7. The first-order valence-electron chi connectivity index (χ1n) is 6.79. The Kier molecular flexibility index (Phi) is 5.10. The average molecular weight is 279 g/mol. The molecular formula is C14H21N3OS. The molecule has 5 heteroatoms. The van der Waals surface area contributed by atoms with Crippen molar-refractivity contribution in [1.29, 1.82) is 0 Å². The Morgan fingerprint density at radius 3 is 2.95 bits per heavy atom. The smallest absolute Gasteiger partial charge is 0.138 e. The fraction of sp³-hybridized carbons (Fsp3) is 0.571. The van der Waals surface area contributed by atoms with Crippen LogP contribution in [0.5, 0.6) is 0 Å². The van der Waals surface area contributed by atoms with E-state index in [0.717, 1.165) is 42.0 Å². The van der Waals surface area contributed by atoms with Crippen molar-refractivity contribution in [3.05, 3.63) is 17.3 Å². The molecule has 4 nitrogen and oxygen atoms in total. The zero-order valence-electron chi connectivity index (χ0n) is 11.8. The molecule has 2 aromatic heterocycles. The summed E-state index contributed by atoms with van der Waals surface area (Å²) in [6.45, 7) is 7.92. The molecule has 1 N–H and O–H groups in total. The average Bonchev–Trinajstić information content (AvgIpc) is 2.81. The lowest BCUT2D eigenvalue weighted by Crippen LogP contribution is -2.10. The minimum absolute atomic E-state index is 0.301. The van der Waals surface area contributed by atoms with Gasteiger partial charge in [-0.1, -0.05) is 6.92 Å². The van der Waals surface area contributed by atoms with Crippen molar-refractivity contribution < 1.29 is 4.74 Å². The van der Waals surface area contributed by atoms with Crippen LogP contribution in [-0.4, -0.2) is 29.2 Å². The van der Waals surface area contributed by atoms with Gasteiger partial charge in [-0.05, 0) is 32.8 Å². The molecule has 19 heavy (non-hydrogen) atoms. The monoisotopic (exact) mass is 279 g/mol. The van der Waals surface area contributed by atoms with Gasteiger partial charge in [0, 0.05) is 18.0 Å². The maximum atomic E-state index is 5.52. The second-order valence-electron chi connectivity index (χ2n) is 4.71. The summed E-state index contributed by atoms with van der Waals surface area (Å²) >= 11 is 1.74. The molecule has 0 aliphatic heterocycles. The summed E-state index contributed by atoms with van der Waals surface area (Å²) in [5.41, 5.74) is 0. The van der Waals surface area contributed by atoms with Gasteiger partial charge in [-0.25, -0.2) is 9.97 Å². The van der Waals surface area contributed by atoms with Gasteiger partial charge in [0.2, 0.25) is 0 Å². The molecule has 0 atom stereocenters. The van der Waals surface area contributed by atoms with Crippen molar-refractivity contribution in [2.24, 2.45) is 0 Å². The Balaban J connectivity index is 1.94. The molecule has 0 saturated heterocycles. The van der Waals surface area contributed by atoms with E-state index in [4.69, 9.17) is 4.74 Å². The van der Waals surface area contributed by atoms with Crippen molar-refractivity contribution in [1.82, 2.24) is 9.97 Å². The molecule has 0 aliphatic rings. The first kappa shape index (κ1) is 14.2. The van der Waals surface area contributed by atoms with Gasteiger partial charge < -0.3 is 10.1 Å². The molecule has 2 aromatic rings. The third-order valence-corrected chi connectivity index (χ3v) is 3.98. The third kappa shape index (κ3) is 3.88. The number of ether oxygens (including phenoxy) is 1. The van der Waals surface area contributed by atoms with Gasteiger partial charge in [-0.15, -0.1) is 11.3 Å². The molecule has 0 radical (unpaired) electrons. The molecule has 2 heterocycles. The summed E-state index contributed by atoms with van der Waals surface area (Å²) in [7, 11) is 0. The van der Waals surface area contributed by atoms with Gasteiger partial charge in [-0.3, -0.25) is 0 Å². The first-order chi connectivity index (χ1) is 9.20. The van der Waals surface area contributed by atoms with Crippen LogP contribution in [0.4, 0.5) is 5.82 Å². The van der Waals surface area contributed by atoms with Crippen LogP contribution in [0.2, 0.25) is 0 Å². The van der Waals surface area contributed by atoms with Gasteiger partial charge in [0.15, 0.2) is 0 Å². The highest BCUT2D eigenvalue weighted by atomic mass is 32.1. The van der Waals surface area contributed by atoms with Crippen molar-refractivity contribution in [2.45, 2.75) is 39.7 Å². The summed E-state index contributed by atoms with van der Waals surface area (Å²) < 4.78 is 5.52. The van der Waals surface area contributed by atoms with Gasteiger partial charge in [-0.2, -0.15) is 0 Å². The Bertz CT molecular complexity index is 524. The van der Waals surface area contributed by atoms with E-state index >= 15 is 0 Å². The van der Waals surface area contributed by atoms with E-state index in [9.17, 15) is 0 Å². The summed E-state index contributed by atoms with van der Waals surface area (Å²) in [5, 5.41) is 4.51. The molecule has 0 aromatic carbocycles. The number of thiophene rings is 1. The Labute approximate surface area is 118 Å². The minimum atomic E-state index is 0.301. The second-order valence-corrected chi connectivity index (χ2v) is 5.82. The van der Waals surface area contributed by atoms with E-state index in [2.05, 4.69) is 42.1 Å². The number of nitrogens with one attached hydrogen (secondary N) is 1. The van der Waals surface area contributed by atoms with Crippen LogP contribution >= 0.6 is 11.3 Å². The molecular weight excluding hydrogens is 258 g/mol. The van der Waals surface area contributed by atoms with Gasteiger partial charge in [0.05, 0.1) is 11.5 Å². The highest BCUT2D eigenvalue weighted by Crippen LogP contribution is 2.28. The predicted octanol–water partition coefficient (Wildman–Crippen LogP) is 3.48. The lowest BCUT2D eigenvalue weighted by Gasteiger charge is -2.08. The van der Waals surface area contributed by atoms with Gasteiger partial charge in [0.1, 0.15) is 17.0 Å². The summed E-state index contributed by atoms with van der Waals surface area (Å²) in [4.78, 5) is 11.1. The maximum absolute atomic E-state index is 5.52. The molecule has 0 unspecified atom stereocenters. The third-order valence-electron chi connectivity index (χ3n) is 2.79. The quantitative estimate of drug-likeness (QED) is 0.788. The molecule has 0 amide bonds. The van der Waals surface area contributed by atoms with E-state index in [1.54, 1.807) is 17.7 Å². The minimum Gasteiger partial charge on any atom is -0.379 e. The number of hydrogen-bond donors (Lipinski definition) is 1. The van der Waals surface area contributed by atoms with Crippen LogP contribution in [0.15, 0.2) is 12.4 Å². The second kappa shape index (κ2) is 6.82. The zero-order chi connectivity index (χ0) is 13.7. The van der Waals surface area contributed by atoms with E-state index in [-0.39, 0.29) is 0 Å². The van der Waals surface area contributed by atoms with Crippen molar-refractivity contribution in [3.63, 3.8) is 0 Å². The van der Waals surface area contributed by atoms with Crippen LogP contribution < -0.4 is 5.32 Å². The number of fused-ring (bicyclic) bond motifs is 1.